The molecule has 0 radical (unpaired) electrons. The van der Waals surface area contributed by atoms with Gasteiger partial charge in [0.15, 0.2) is 0 Å². The van der Waals surface area contributed by atoms with Gasteiger partial charge in [-0.15, -0.1) is 0 Å². The maximum atomic E-state index is 5.57. The third kappa shape index (κ3) is 2.31. The van der Waals surface area contributed by atoms with Gasteiger partial charge < -0.3 is 10.3 Å². The average Bonchev–Trinajstić information content (AvgIpc) is 2.61. The molecule has 0 saturated heterocycles. The van der Waals surface area contributed by atoms with Gasteiger partial charge in [0.1, 0.15) is 5.82 Å². The molecule has 1 atom stereocenters. The molecule has 0 saturated carbocycles. The van der Waals surface area contributed by atoms with Gasteiger partial charge in [0.2, 0.25) is 0 Å². The van der Waals surface area contributed by atoms with Crippen molar-refractivity contribution in [3.8, 4) is 0 Å². The van der Waals surface area contributed by atoms with Crippen molar-refractivity contribution >= 4 is 0 Å². The summed E-state index contributed by atoms with van der Waals surface area (Å²) in [5.74, 6) is 1.17. The second kappa shape index (κ2) is 5.02. The Hall–Kier alpha value is -0.830. The highest BCUT2D eigenvalue weighted by atomic mass is 15.1. The van der Waals surface area contributed by atoms with Crippen LogP contribution in [-0.4, -0.2) is 16.1 Å². The smallest absolute Gasteiger partial charge is 0.108 e. The zero-order valence-corrected chi connectivity index (χ0v) is 8.53. The quantitative estimate of drug-likeness (QED) is 0.752. The van der Waals surface area contributed by atoms with E-state index >= 15 is 0 Å². The molecule has 0 aliphatic rings. The van der Waals surface area contributed by atoms with Gasteiger partial charge >= 0.3 is 0 Å². The molecule has 1 heterocycles. The van der Waals surface area contributed by atoms with Crippen molar-refractivity contribution in [1.82, 2.24) is 9.55 Å². The standard InChI is InChI=1S/C10H19N3/c1-3-9(5-6-11)13-8-7-12-10(13)4-2/h7-9H,3-6,11H2,1-2H3. The van der Waals surface area contributed by atoms with Crippen molar-refractivity contribution in [2.45, 2.75) is 39.2 Å². The van der Waals surface area contributed by atoms with Crippen LogP contribution in [0.4, 0.5) is 0 Å². The van der Waals surface area contributed by atoms with Crippen molar-refractivity contribution < 1.29 is 0 Å². The Morgan fingerprint density at radius 1 is 1.54 bits per heavy atom. The summed E-state index contributed by atoms with van der Waals surface area (Å²) in [7, 11) is 0. The minimum Gasteiger partial charge on any atom is -0.332 e. The third-order valence-electron chi connectivity index (χ3n) is 2.43. The first-order chi connectivity index (χ1) is 6.33. The summed E-state index contributed by atoms with van der Waals surface area (Å²) >= 11 is 0. The second-order valence-corrected chi connectivity index (χ2v) is 3.24. The Morgan fingerprint density at radius 2 is 2.31 bits per heavy atom. The molecule has 1 unspecified atom stereocenters. The first-order valence-electron chi connectivity index (χ1n) is 5.05. The zero-order valence-electron chi connectivity index (χ0n) is 8.53. The molecule has 2 N–H and O–H groups in total. The summed E-state index contributed by atoms with van der Waals surface area (Å²) in [4.78, 5) is 4.31. The van der Waals surface area contributed by atoms with E-state index in [-0.39, 0.29) is 0 Å². The fraction of sp³-hybridized carbons (Fsp3) is 0.700. The lowest BCUT2D eigenvalue weighted by Crippen LogP contribution is -2.14. The highest BCUT2D eigenvalue weighted by molar-refractivity contribution is 4.94. The topological polar surface area (TPSA) is 43.8 Å². The van der Waals surface area contributed by atoms with Crippen LogP contribution in [0.3, 0.4) is 0 Å². The number of rotatable bonds is 5. The Morgan fingerprint density at radius 3 is 2.85 bits per heavy atom. The number of aromatic nitrogens is 2. The van der Waals surface area contributed by atoms with Gasteiger partial charge in [0, 0.05) is 24.9 Å². The fourth-order valence-corrected chi connectivity index (χ4v) is 1.68. The second-order valence-electron chi connectivity index (χ2n) is 3.24. The molecule has 1 aromatic heterocycles. The predicted molar refractivity (Wildman–Crippen MR) is 54.6 cm³/mol. The summed E-state index contributed by atoms with van der Waals surface area (Å²) in [5, 5.41) is 0. The van der Waals surface area contributed by atoms with E-state index in [2.05, 4.69) is 29.6 Å². The van der Waals surface area contributed by atoms with Crippen LogP contribution in [0.1, 0.15) is 38.6 Å². The Labute approximate surface area is 80.0 Å². The van der Waals surface area contributed by atoms with E-state index in [9.17, 15) is 0 Å². The molecule has 0 aromatic carbocycles. The predicted octanol–water partition coefficient (Wildman–Crippen LogP) is 1.75. The van der Waals surface area contributed by atoms with Crippen LogP contribution < -0.4 is 5.73 Å². The van der Waals surface area contributed by atoms with Gasteiger partial charge in [-0.3, -0.25) is 0 Å². The van der Waals surface area contributed by atoms with E-state index in [4.69, 9.17) is 5.73 Å². The lowest BCUT2D eigenvalue weighted by atomic mass is 10.1. The SMILES string of the molecule is CCc1nccn1C(CC)CCN. The summed E-state index contributed by atoms with van der Waals surface area (Å²) in [6.45, 7) is 5.08. The van der Waals surface area contributed by atoms with Gasteiger partial charge in [0.05, 0.1) is 0 Å². The van der Waals surface area contributed by atoms with Gasteiger partial charge in [-0.1, -0.05) is 13.8 Å². The maximum Gasteiger partial charge on any atom is 0.108 e. The van der Waals surface area contributed by atoms with E-state index in [1.54, 1.807) is 0 Å². The summed E-state index contributed by atoms with van der Waals surface area (Å²) < 4.78 is 2.26. The minimum atomic E-state index is 0.530. The van der Waals surface area contributed by atoms with Crippen LogP contribution in [-0.2, 0) is 6.42 Å². The van der Waals surface area contributed by atoms with Gasteiger partial charge in [-0.2, -0.15) is 0 Å². The van der Waals surface area contributed by atoms with Crippen molar-refractivity contribution in [2.24, 2.45) is 5.73 Å². The molecule has 0 aliphatic heterocycles. The molecule has 3 heteroatoms. The largest absolute Gasteiger partial charge is 0.332 e. The van der Waals surface area contributed by atoms with Crippen molar-refractivity contribution in [2.75, 3.05) is 6.54 Å². The third-order valence-corrected chi connectivity index (χ3v) is 2.43. The zero-order chi connectivity index (χ0) is 9.68. The number of aryl methyl sites for hydroxylation is 1. The van der Waals surface area contributed by atoms with E-state index in [0.29, 0.717) is 6.04 Å². The van der Waals surface area contributed by atoms with Crippen LogP contribution in [0.5, 0.6) is 0 Å². The molecular formula is C10H19N3. The fourth-order valence-electron chi connectivity index (χ4n) is 1.68. The molecule has 0 spiro atoms. The van der Waals surface area contributed by atoms with E-state index in [0.717, 1.165) is 25.8 Å². The first kappa shape index (κ1) is 10.3. The monoisotopic (exact) mass is 181 g/mol. The van der Waals surface area contributed by atoms with Crippen LogP contribution >= 0.6 is 0 Å². The molecule has 0 bridgehead atoms. The summed E-state index contributed by atoms with van der Waals surface area (Å²) in [6, 6.07) is 0.530. The molecule has 1 aromatic rings. The summed E-state index contributed by atoms with van der Waals surface area (Å²) in [6.07, 6.45) is 7.09. The van der Waals surface area contributed by atoms with Gasteiger partial charge in [0.25, 0.3) is 0 Å². The van der Waals surface area contributed by atoms with Gasteiger partial charge in [-0.05, 0) is 19.4 Å². The molecule has 3 nitrogen and oxygen atoms in total. The minimum absolute atomic E-state index is 0.530. The molecule has 0 aliphatic carbocycles. The van der Waals surface area contributed by atoms with Crippen molar-refractivity contribution in [3.63, 3.8) is 0 Å². The highest BCUT2D eigenvalue weighted by Crippen LogP contribution is 2.17. The summed E-state index contributed by atoms with van der Waals surface area (Å²) in [5.41, 5.74) is 5.57. The Bertz CT molecular complexity index is 242. The number of hydrogen-bond donors (Lipinski definition) is 1. The Balaban J connectivity index is 2.77. The van der Waals surface area contributed by atoms with Crippen molar-refractivity contribution in [3.05, 3.63) is 18.2 Å². The van der Waals surface area contributed by atoms with E-state index < -0.39 is 0 Å². The highest BCUT2D eigenvalue weighted by Gasteiger charge is 2.10. The molecular weight excluding hydrogens is 162 g/mol. The van der Waals surface area contributed by atoms with E-state index in [1.807, 2.05) is 6.20 Å². The van der Waals surface area contributed by atoms with Crippen LogP contribution in [0.15, 0.2) is 12.4 Å². The molecule has 0 amide bonds. The number of imidazole rings is 1. The number of nitrogens with zero attached hydrogens (tertiary/aromatic N) is 2. The lowest BCUT2D eigenvalue weighted by molar-refractivity contribution is 0.445. The molecule has 74 valence electrons. The molecule has 0 fully saturated rings. The Kier molecular flexibility index (Phi) is 3.96. The maximum absolute atomic E-state index is 5.57. The molecule has 1 rings (SSSR count). The lowest BCUT2D eigenvalue weighted by Gasteiger charge is -2.17. The number of hydrogen-bond acceptors (Lipinski definition) is 2. The van der Waals surface area contributed by atoms with Crippen LogP contribution in [0.2, 0.25) is 0 Å². The number of nitrogens with two attached hydrogens (primary N) is 1. The van der Waals surface area contributed by atoms with Gasteiger partial charge in [-0.25, -0.2) is 4.98 Å². The van der Waals surface area contributed by atoms with Crippen LogP contribution in [0, 0.1) is 0 Å². The van der Waals surface area contributed by atoms with Crippen LogP contribution in [0.25, 0.3) is 0 Å². The average molecular weight is 181 g/mol. The first-order valence-corrected chi connectivity index (χ1v) is 5.05. The van der Waals surface area contributed by atoms with E-state index in [1.165, 1.54) is 5.82 Å². The van der Waals surface area contributed by atoms with Crippen molar-refractivity contribution in [1.29, 1.82) is 0 Å². The molecule has 13 heavy (non-hydrogen) atoms. The normalized spacial score (nSPS) is 13.2.